The van der Waals surface area contributed by atoms with E-state index in [0.29, 0.717) is 39.9 Å². The second-order valence-electron chi connectivity index (χ2n) is 13.0. The van der Waals surface area contributed by atoms with Crippen LogP contribution in [-0.4, -0.2) is 39.0 Å². The topological polar surface area (TPSA) is 127 Å². The minimum atomic E-state index is -1.06. The molecule has 2 N–H and O–H groups in total. The largest absolute Gasteiger partial charge is 0.327 e. The van der Waals surface area contributed by atoms with Gasteiger partial charge < -0.3 is 19.1 Å². The number of H-pyrrole nitrogens is 2. The molecule has 0 aliphatic carbocycles. The molecule has 14 heteroatoms. The maximum Gasteiger partial charge on any atom is 0.248 e. The summed E-state index contributed by atoms with van der Waals surface area (Å²) in [7, 11) is 0. The Bertz CT molecular complexity index is 2710. The second kappa shape index (κ2) is 13.5. The monoisotopic (exact) mass is 708 g/mol. The van der Waals surface area contributed by atoms with Gasteiger partial charge in [-0.1, -0.05) is 27.7 Å². The number of imidazole rings is 2. The van der Waals surface area contributed by atoms with Gasteiger partial charge in [0.2, 0.25) is 11.1 Å². The molecule has 0 saturated carbocycles. The molecule has 0 spiro atoms. The highest BCUT2D eigenvalue weighted by atomic mass is 19.2. The van der Waals surface area contributed by atoms with Gasteiger partial charge in [0.25, 0.3) is 0 Å². The fourth-order valence-corrected chi connectivity index (χ4v) is 6.24. The Hall–Kier alpha value is -6.18. The van der Waals surface area contributed by atoms with E-state index in [9.17, 15) is 27.2 Å². The smallest absolute Gasteiger partial charge is 0.248 e. The summed E-state index contributed by atoms with van der Waals surface area (Å²) in [6.07, 6.45) is 3.50. The molecule has 0 saturated heterocycles. The van der Waals surface area contributed by atoms with Crippen LogP contribution in [0.15, 0.2) is 82.6 Å². The molecular weight excluding hydrogens is 676 g/mol. The zero-order valence-corrected chi connectivity index (χ0v) is 28.5. The average molecular weight is 709 g/mol. The number of fused-ring (bicyclic) bond motifs is 4. The van der Waals surface area contributed by atoms with Crippen molar-refractivity contribution in [2.24, 2.45) is 0 Å². The van der Waals surface area contributed by atoms with Crippen molar-refractivity contribution in [1.29, 1.82) is 0 Å². The zero-order chi connectivity index (χ0) is 36.8. The number of hydrogen-bond donors (Lipinski definition) is 2. The quantitative estimate of drug-likeness (QED) is 0.174. The van der Waals surface area contributed by atoms with Crippen LogP contribution >= 0.6 is 0 Å². The first-order valence-electron chi connectivity index (χ1n) is 16.5. The Kier molecular flexibility index (Phi) is 8.90. The first-order valence-corrected chi connectivity index (χ1v) is 16.5. The Labute approximate surface area is 293 Å². The van der Waals surface area contributed by atoms with Crippen LogP contribution in [0.1, 0.15) is 62.3 Å². The van der Waals surface area contributed by atoms with Gasteiger partial charge in [-0.05, 0) is 59.7 Å². The van der Waals surface area contributed by atoms with Crippen molar-refractivity contribution in [2.75, 3.05) is 0 Å². The van der Waals surface area contributed by atoms with Gasteiger partial charge in [-0.2, -0.15) is 0 Å². The molecule has 6 aromatic rings. The Morgan fingerprint density at radius 1 is 0.712 bits per heavy atom. The van der Waals surface area contributed by atoms with Crippen LogP contribution in [-0.2, 0) is 13.1 Å². The Balaban J connectivity index is 0.000000162. The van der Waals surface area contributed by atoms with Crippen molar-refractivity contribution < 1.29 is 17.6 Å². The van der Waals surface area contributed by atoms with Gasteiger partial charge >= 0.3 is 0 Å². The van der Waals surface area contributed by atoms with Gasteiger partial charge in [-0.25, -0.2) is 37.5 Å². The molecule has 0 amide bonds. The van der Waals surface area contributed by atoms with E-state index < -0.39 is 34.4 Å². The van der Waals surface area contributed by atoms with Gasteiger partial charge in [0.15, 0.2) is 34.7 Å². The summed E-state index contributed by atoms with van der Waals surface area (Å²) >= 11 is 0. The third-order valence-corrected chi connectivity index (χ3v) is 8.70. The normalized spacial score (nSPS) is 11.7. The molecule has 52 heavy (non-hydrogen) atoms. The van der Waals surface area contributed by atoms with Crippen molar-refractivity contribution in [3.05, 3.63) is 140 Å². The van der Waals surface area contributed by atoms with E-state index in [1.165, 1.54) is 24.3 Å². The Morgan fingerprint density at radius 3 is 1.92 bits per heavy atom. The van der Waals surface area contributed by atoms with E-state index in [4.69, 9.17) is 0 Å². The summed E-state index contributed by atoms with van der Waals surface area (Å²) in [5.74, 6) is -1.55. The van der Waals surface area contributed by atoms with Crippen molar-refractivity contribution in [1.82, 2.24) is 39.0 Å². The van der Waals surface area contributed by atoms with Gasteiger partial charge in [-0.15, -0.1) is 0 Å². The summed E-state index contributed by atoms with van der Waals surface area (Å²) in [6.45, 7) is 8.64. The van der Waals surface area contributed by atoms with Crippen molar-refractivity contribution in [2.45, 2.75) is 52.6 Å². The molecule has 2 aliphatic rings. The SMILES string of the molecule is CC(C)c1nc2cccn(Cc3cc(=O)[nH]c4c(F)c(F)ccc34)c-2n1.CC(C)c1nc2cccnc2n1Cc1cc(=O)[nH]c2c(F)c(F)ccc12. The van der Waals surface area contributed by atoms with Gasteiger partial charge in [0.05, 0.1) is 17.6 Å². The molecular formula is C38H32F4N8O2. The highest BCUT2D eigenvalue weighted by molar-refractivity contribution is 5.83. The summed E-state index contributed by atoms with van der Waals surface area (Å²) < 4.78 is 59.0. The lowest BCUT2D eigenvalue weighted by Gasteiger charge is -2.13. The fraction of sp³-hybridized carbons (Fsp3) is 0.211. The minimum Gasteiger partial charge on any atom is -0.327 e. The molecule has 0 fully saturated rings. The van der Waals surface area contributed by atoms with E-state index >= 15 is 0 Å². The number of hydrogen-bond acceptors (Lipinski definition) is 6. The predicted octanol–water partition coefficient (Wildman–Crippen LogP) is 7.40. The molecule has 2 aliphatic heterocycles. The summed E-state index contributed by atoms with van der Waals surface area (Å²) in [5.41, 5.74) is 2.12. The molecule has 6 heterocycles. The van der Waals surface area contributed by atoms with E-state index in [0.717, 1.165) is 35.0 Å². The number of nitrogens with zero attached hydrogens (tertiary/aromatic N) is 6. The first-order chi connectivity index (χ1) is 24.9. The molecule has 264 valence electrons. The van der Waals surface area contributed by atoms with Crippen LogP contribution in [0.3, 0.4) is 0 Å². The van der Waals surface area contributed by atoms with E-state index in [2.05, 4.69) is 29.9 Å². The molecule has 2 aromatic carbocycles. The standard InChI is InChI=1S/2C19H16F2N4O/c1-10(2)18-22-14-4-3-7-25(19(14)24-18)9-11-8-15(26)23-17-12(11)5-6-13(20)16(17)21;1-10(2)18-23-14-4-3-7-22-19(14)25(18)9-11-8-15(26)24-17-12(11)5-6-13(20)16(17)21/h3-8,10H,9H2,1-2H3,(H,23,26);3-8,10H,9H2,1-2H3,(H,24,26). The van der Waals surface area contributed by atoms with Crippen LogP contribution in [0.2, 0.25) is 0 Å². The molecule has 8 rings (SSSR count). The lowest BCUT2D eigenvalue weighted by atomic mass is 10.1. The van der Waals surface area contributed by atoms with E-state index in [1.54, 1.807) is 6.20 Å². The van der Waals surface area contributed by atoms with Gasteiger partial charge in [0.1, 0.15) is 22.9 Å². The number of aromatic amines is 2. The van der Waals surface area contributed by atoms with Crippen LogP contribution < -0.4 is 11.1 Å². The molecule has 4 aromatic heterocycles. The number of rotatable bonds is 6. The molecule has 0 radical (unpaired) electrons. The maximum absolute atomic E-state index is 14.1. The number of nitrogens with one attached hydrogen (secondary N) is 2. The summed E-state index contributed by atoms with van der Waals surface area (Å²) in [6, 6.07) is 15.3. The van der Waals surface area contributed by atoms with E-state index in [-0.39, 0.29) is 29.4 Å². The number of benzene rings is 2. The highest BCUT2D eigenvalue weighted by Gasteiger charge is 2.19. The minimum absolute atomic E-state index is 0.128. The molecule has 0 atom stereocenters. The van der Waals surface area contributed by atoms with Crippen molar-refractivity contribution in [3.8, 4) is 11.5 Å². The molecule has 10 nitrogen and oxygen atoms in total. The first kappa shape index (κ1) is 34.3. The third kappa shape index (κ3) is 6.31. The van der Waals surface area contributed by atoms with Gasteiger partial charge in [0, 0.05) is 53.7 Å². The average Bonchev–Trinajstić information content (AvgIpc) is 3.72. The molecule has 0 bridgehead atoms. The lowest BCUT2D eigenvalue weighted by molar-refractivity contribution is 0.515. The van der Waals surface area contributed by atoms with Crippen molar-refractivity contribution >= 4 is 33.0 Å². The molecule has 0 unspecified atom stereocenters. The summed E-state index contributed by atoms with van der Waals surface area (Å²) in [5, 5.41) is 0.910. The highest BCUT2D eigenvalue weighted by Crippen LogP contribution is 2.27. The van der Waals surface area contributed by atoms with Crippen LogP contribution in [0.5, 0.6) is 0 Å². The number of pyridine rings is 4. The third-order valence-electron chi connectivity index (χ3n) is 8.70. The second-order valence-corrected chi connectivity index (χ2v) is 13.0. The van der Waals surface area contributed by atoms with E-state index in [1.807, 2.05) is 67.3 Å². The van der Waals surface area contributed by atoms with Gasteiger partial charge in [-0.3, -0.25) is 9.59 Å². The van der Waals surface area contributed by atoms with Crippen LogP contribution in [0.4, 0.5) is 17.6 Å². The van der Waals surface area contributed by atoms with Crippen LogP contribution in [0, 0.1) is 23.3 Å². The fourth-order valence-electron chi connectivity index (χ4n) is 6.24. The van der Waals surface area contributed by atoms with Crippen molar-refractivity contribution in [3.63, 3.8) is 0 Å². The predicted molar refractivity (Wildman–Crippen MR) is 190 cm³/mol. The van der Waals surface area contributed by atoms with Crippen LogP contribution in [0.25, 0.3) is 44.5 Å². The lowest BCUT2D eigenvalue weighted by Crippen LogP contribution is -2.13. The number of halogens is 4. The Morgan fingerprint density at radius 2 is 1.33 bits per heavy atom. The summed E-state index contributed by atoms with van der Waals surface area (Å²) in [4.78, 5) is 46.8. The zero-order valence-electron chi connectivity index (χ0n) is 28.5. The maximum atomic E-state index is 14.1. The number of aromatic nitrogens is 8.